The number of benzene rings is 1. The number of pyridine rings is 2. The molecule has 0 aliphatic heterocycles. The molecule has 0 amide bonds. The normalized spacial score (nSPS) is 12.4. The number of nitrogens with zero attached hydrogens (tertiary/aromatic N) is 4. The van der Waals surface area contributed by atoms with E-state index < -0.39 is 0 Å². The molecule has 0 saturated heterocycles. The van der Waals surface area contributed by atoms with Gasteiger partial charge >= 0.3 is 0 Å². The second-order valence-corrected chi connectivity index (χ2v) is 8.67. The SMILES string of the molecule is C=C/C(=C\C(=C/C)c1ccc(N)c(C(=C)c2nc3c(-c4cccc(F)c4)nccc3[nH]2)n1)CN(C)C. The first-order valence-electron chi connectivity index (χ1n) is 11.5. The van der Waals surface area contributed by atoms with Gasteiger partial charge in [-0.05, 0) is 68.6 Å². The van der Waals surface area contributed by atoms with Gasteiger partial charge in [0.25, 0.3) is 0 Å². The van der Waals surface area contributed by atoms with Gasteiger partial charge in [-0.2, -0.15) is 0 Å². The number of nitrogens with two attached hydrogens (primary N) is 1. The zero-order valence-electron chi connectivity index (χ0n) is 20.7. The Bertz CT molecular complexity index is 1510. The first-order chi connectivity index (χ1) is 17.3. The van der Waals surface area contributed by atoms with Gasteiger partial charge in [-0.15, -0.1) is 0 Å². The number of nitrogens with one attached hydrogen (secondary N) is 1. The third-order valence-corrected chi connectivity index (χ3v) is 5.71. The van der Waals surface area contributed by atoms with Crippen LogP contribution >= 0.6 is 0 Å². The Morgan fingerprint density at radius 1 is 1.17 bits per heavy atom. The largest absolute Gasteiger partial charge is 0.397 e. The summed E-state index contributed by atoms with van der Waals surface area (Å²) in [4.78, 5) is 19.4. The van der Waals surface area contributed by atoms with Crippen molar-refractivity contribution in [2.75, 3.05) is 26.4 Å². The van der Waals surface area contributed by atoms with Crippen molar-refractivity contribution in [2.45, 2.75) is 6.92 Å². The Kier molecular flexibility index (Phi) is 7.22. The number of halogens is 1. The summed E-state index contributed by atoms with van der Waals surface area (Å²) in [6.07, 6.45) is 7.58. The molecule has 3 N–H and O–H groups in total. The fourth-order valence-corrected chi connectivity index (χ4v) is 3.95. The van der Waals surface area contributed by atoms with Gasteiger partial charge in [0.05, 0.1) is 28.3 Å². The number of rotatable bonds is 8. The van der Waals surface area contributed by atoms with Crippen LogP contribution in [0.3, 0.4) is 0 Å². The molecule has 3 heterocycles. The number of anilines is 1. The van der Waals surface area contributed by atoms with E-state index in [1.54, 1.807) is 18.3 Å². The fraction of sp³-hybridized carbons (Fsp3) is 0.138. The van der Waals surface area contributed by atoms with Crippen molar-refractivity contribution >= 4 is 27.9 Å². The lowest BCUT2D eigenvalue weighted by Gasteiger charge is -2.13. The Labute approximate surface area is 210 Å². The topological polar surface area (TPSA) is 83.7 Å². The lowest BCUT2D eigenvalue weighted by atomic mass is 10.0. The van der Waals surface area contributed by atoms with E-state index in [9.17, 15) is 4.39 Å². The number of hydrogen-bond acceptors (Lipinski definition) is 5. The standard InChI is InChI=1S/C29H29FN6/c1-6-19(17-36(4)5)15-20(7-2)24-12-11-23(31)26(33-24)18(3)29-34-25-13-14-32-27(28(25)35-29)21-9-8-10-22(30)16-21/h6-16H,1,3,17,31H2,2,4-5H3,(H,34,35)/b19-15+,20-7+. The summed E-state index contributed by atoms with van der Waals surface area (Å²) in [5.74, 6) is 0.184. The summed E-state index contributed by atoms with van der Waals surface area (Å²) >= 11 is 0. The quantitative estimate of drug-likeness (QED) is 0.308. The molecule has 36 heavy (non-hydrogen) atoms. The van der Waals surface area contributed by atoms with Crippen LogP contribution in [0, 0.1) is 5.82 Å². The highest BCUT2D eigenvalue weighted by Gasteiger charge is 2.17. The first-order valence-corrected chi connectivity index (χ1v) is 11.5. The lowest BCUT2D eigenvalue weighted by molar-refractivity contribution is 0.449. The van der Waals surface area contributed by atoms with Crippen LogP contribution < -0.4 is 5.73 Å². The van der Waals surface area contributed by atoms with Crippen molar-refractivity contribution in [3.63, 3.8) is 0 Å². The molecule has 0 atom stereocenters. The number of aromatic amines is 1. The first kappa shape index (κ1) is 24.8. The van der Waals surface area contributed by atoms with Gasteiger partial charge in [-0.25, -0.2) is 14.4 Å². The summed E-state index contributed by atoms with van der Waals surface area (Å²) in [5.41, 5.74) is 13.3. The second-order valence-electron chi connectivity index (χ2n) is 8.67. The van der Waals surface area contributed by atoms with Gasteiger partial charge in [0.15, 0.2) is 0 Å². The number of aromatic nitrogens is 4. The van der Waals surface area contributed by atoms with E-state index in [2.05, 4.69) is 34.1 Å². The van der Waals surface area contributed by atoms with Crippen LogP contribution in [-0.4, -0.2) is 45.5 Å². The predicted octanol–water partition coefficient (Wildman–Crippen LogP) is 5.88. The van der Waals surface area contributed by atoms with Crippen molar-refractivity contribution < 1.29 is 4.39 Å². The maximum absolute atomic E-state index is 13.8. The number of allylic oxidation sites excluding steroid dienone is 3. The molecule has 0 aliphatic carbocycles. The van der Waals surface area contributed by atoms with Gasteiger partial charge in [0, 0.05) is 23.9 Å². The molecule has 0 spiro atoms. The van der Waals surface area contributed by atoms with Crippen LogP contribution in [0.25, 0.3) is 33.4 Å². The summed E-state index contributed by atoms with van der Waals surface area (Å²) in [6, 6.07) is 11.8. The van der Waals surface area contributed by atoms with Crippen LogP contribution in [-0.2, 0) is 0 Å². The van der Waals surface area contributed by atoms with E-state index in [1.165, 1.54) is 12.1 Å². The maximum Gasteiger partial charge on any atom is 0.140 e. The van der Waals surface area contributed by atoms with E-state index in [0.29, 0.717) is 39.6 Å². The van der Waals surface area contributed by atoms with Crippen molar-refractivity contribution in [1.29, 1.82) is 0 Å². The van der Waals surface area contributed by atoms with Crippen LogP contribution in [0.1, 0.15) is 24.1 Å². The molecule has 7 heteroatoms. The van der Waals surface area contributed by atoms with Gasteiger partial charge in [-0.3, -0.25) is 4.98 Å². The molecule has 3 aromatic heterocycles. The van der Waals surface area contributed by atoms with E-state index in [1.807, 2.05) is 51.4 Å². The van der Waals surface area contributed by atoms with E-state index in [0.717, 1.165) is 28.9 Å². The summed E-state index contributed by atoms with van der Waals surface area (Å²) in [7, 11) is 4.03. The van der Waals surface area contributed by atoms with E-state index in [4.69, 9.17) is 15.7 Å². The molecule has 0 radical (unpaired) electrons. The predicted molar refractivity (Wildman–Crippen MR) is 147 cm³/mol. The number of nitrogen functional groups attached to an aromatic ring is 1. The van der Waals surface area contributed by atoms with Crippen LogP contribution in [0.5, 0.6) is 0 Å². The molecule has 0 unspecified atom stereocenters. The molecule has 6 nitrogen and oxygen atoms in total. The molecule has 182 valence electrons. The summed E-state index contributed by atoms with van der Waals surface area (Å²) in [6.45, 7) is 10.9. The molecule has 0 aliphatic rings. The molecule has 0 fully saturated rings. The summed E-state index contributed by atoms with van der Waals surface area (Å²) in [5, 5.41) is 0. The minimum atomic E-state index is -0.334. The third kappa shape index (κ3) is 5.16. The van der Waals surface area contributed by atoms with Gasteiger partial charge in [-0.1, -0.05) is 37.4 Å². The molecular weight excluding hydrogens is 451 g/mol. The average molecular weight is 481 g/mol. The molecule has 0 saturated carbocycles. The Morgan fingerprint density at radius 3 is 2.67 bits per heavy atom. The second kappa shape index (κ2) is 10.5. The minimum absolute atomic E-state index is 0.334. The van der Waals surface area contributed by atoms with Crippen LogP contribution in [0.15, 0.2) is 85.6 Å². The molecule has 4 rings (SSSR count). The molecule has 0 bridgehead atoms. The van der Waals surface area contributed by atoms with E-state index >= 15 is 0 Å². The van der Waals surface area contributed by atoms with Crippen molar-refractivity contribution in [3.05, 3.63) is 109 Å². The fourth-order valence-electron chi connectivity index (χ4n) is 3.95. The smallest absolute Gasteiger partial charge is 0.140 e. The van der Waals surface area contributed by atoms with E-state index in [-0.39, 0.29) is 5.82 Å². The third-order valence-electron chi connectivity index (χ3n) is 5.71. The maximum atomic E-state index is 13.8. The number of imidazole rings is 1. The Morgan fingerprint density at radius 2 is 1.97 bits per heavy atom. The number of fused-ring (bicyclic) bond motifs is 1. The van der Waals surface area contributed by atoms with Crippen LogP contribution in [0.2, 0.25) is 0 Å². The van der Waals surface area contributed by atoms with Crippen molar-refractivity contribution in [1.82, 2.24) is 24.8 Å². The average Bonchev–Trinajstić information content (AvgIpc) is 3.31. The van der Waals surface area contributed by atoms with Gasteiger partial charge in [0.1, 0.15) is 17.2 Å². The highest BCUT2D eigenvalue weighted by Crippen LogP contribution is 2.30. The number of likely N-dealkylation sites (N-methyl/N-ethyl adjacent to an activating group) is 1. The Hall–Kier alpha value is -4.36. The summed E-state index contributed by atoms with van der Waals surface area (Å²) < 4.78 is 13.8. The van der Waals surface area contributed by atoms with Crippen molar-refractivity contribution in [2.24, 2.45) is 0 Å². The van der Waals surface area contributed by atoms with Gasteiger partial charge < -0.3 is 15.6 Å². The number of hydrogen-bond donors (Lipinski definition) is 2. The number of H-pyrrole nitrogens is 1. The zero-order valence-corrected chi connectivity index (χ0v) is 20.7. The molecule has 4 aromatic rings. The molecule has 1 aromatic carbocycles. The van der Waals surface area contributed by atoms with Crippen LogP contribution in [0.4, 0.5) is 10.1 Å². The monoisotopic (exact) mass is 480 g/mol. The van der Waals surface area contributed by atoms with Crippen molar-refractivity contribution in [3.8, 4) is 11.3 Å². The minimum Gasteiger partial charge on any atom is -0.397 e. The Balaban J connectivity index is 1.74. The van der Waals surface area contributed by atoms with Gasteiger partial charge in [0.2, 0.25) is 0 Å². The molecular formula is C29H29FN6. The highest BCUT2D eigenvalue weighted by molar-refractivity contribution is 5.92. The lowest BCUT2D eigenvalue weighted by Crippen LogP contribution is -2.14. The highest BCUT2D eigenvalue weighted by atomic mass is 19.1. The zero-order chi connectivity index (χ0) is 25.8.